The Morgan fingerprint density at radius 2 is 1.79 bits per heavy atom. The lowest BCUT2D eigenvalue weighted by atomic mass is 10.0. The molecule has 2 rings (SSSR count). The van der Waals surface area contributed by atoms with Crippen molar-refractivity contribution in [2.24, 2.45) is 5.73 Å². The molecule has 0 spiro atoms. The lowest BCUT2D eigenvalue weighted by Crippen LogP contribution is -2.45. The molecule has 0 radical (unpaired) electrons. The van der Waals surface area contributed by atoms with Gasteiger partial charge < -0.3 is 20.7 Å². The van der Waals surface area contributed by atoms with Crippen LogP contribution in [0, 0.1) is 0 Å². The van der Waals surface area contributed by atoms with Gasteiger partial charge in [0.15, 0.2) is 0 Å². The maximum atomic E-state index is 12.3. The number of carboxylic acid groups (broad SMARTS) is 2. The van der Waals surface area contributed by atoms with Crippen molar-refractivity contribution in [3.05, 3.63) is 29.8 Å². The van der Waals surface area contributed by atoms with E-state index in [1.165, 1.54) is 6.92 Å². The van der Waals surface area contributed by atoms with Crippen LogP contribution < -0.4 is 10.6 Å². The van der Waals surface area contributed by atoms with Gasteiger partial charge in [0.05, 0.1) is 11.7 Å². The quantitative estimate of drug-likeness (QED) is 0.632. The number of ether oxygens (including phenoxy) is 1. The highest BCUT2D eigenvalue weighted by molar-refractivity contribution is 6.01. The number of halogens is 3. The molecule has 0 aliphatic carbocycles. The topological polar surface area (TPSA) is 147 Å². The lowest BCUT2D eigenvalue weighted by Gasteiger charge is -2.22. The normalized spacial score (nSPS) is 18.9. The minimum atomic E-state index is -5.08. The van der Waals surface area contributed by atoms with Crippen LogP contribution in [-0.4, -0.2) is 52.8 Å². The Hall–Kier alpha value is -3.15. The van der Waals surface area contributed by atoms with Crippen LogP contribution in [0.3, 0.4) is 0 Å². The fourth-order valence-corrected chi connectivity index (χ4v) is 2.39. The molecule has 28 heavy (non-hydrogen) atoms. The van der Waals surface area contributed by atoms with Gasteiger partial charge in [0.25, 0.3) is 0 Å². The Kier molecular flexibility index (Phi) is 7.50. The van der Waals surface area contributed by atoms with E-state index in [2.05, 4.69) is 0 Å². The molecule has 0 aromatic heterocycles. The van der Waals surface area contributed by atoms with Gasteiger partial charge in [-0.25, -0.2) is 4.79 Å². The second-order valence-electron chi connectivity index (χ2n) is 5.62. The number of nitrogens with two attached hydrogens (primary N) is 1. The van der Waals surface area contributed by atoms with E-state index in [1.807, 2.05) is 0 Å². The number of fused-ring (bicyclic) bond motifs is 1. The zero-order valence-corrected chi connectivity index (χ0v) is 14.5. The molecule has 12 heteroatoms. The molecule has 2 unspecified atom stereocenters. The molecular formula is C16H17F3N2O7. The highest BCUT2D eigenvalue weighted by Crippen LogP contribution is 2.35. The van der Waals surface area contributed by atoms with Crippen LogP contribution >= 0.6 is 0 Å². The van der Waals surface area contributed by atoms with E-state index in [-0.39, 0.29) is 6.42 Å². The van der Waals surface area contributed by atoms with E-state index < -0.39 is 48.7 Å². The Morgan fingerprint density at radius 1 is 1.25 bits per heavy atom. The van der Waals surface area contributed by atoms with Crippen LogP contribution in [0.25, 0.3) is 0 Å². The molecule has 2 atom stereocenters. The van der Waals surface area contributed by atoms with E-state index in [4.69, 9.17) is 25.5 Å². The van der Waals surface area contributed by atoms with Crippen molar-refractivity contribution in [1.82, 2.24) is 0 Å². The number of carbonyl (C=O) groups excluding carboxylic acids is 2. The zero-order valence-electron chi connectivity index (χ0n) is 14.5. The highest BCUT2D eigenvalue weighted by Gasteiger charge is 2.38. The van der Waals surface area contributed by atoms with Gasteiger partial charge in [-0.2, -0.15) is 13.2 Å². The number of nitrogens with zero attached hydrogens (tertiary/aromatic N) is 1. The van der Waals surface area contributed by atoms with Crippen LogP contribution in [0.4, 0.5) is 18.9 Å². The second kappa shape index (κ2) is 9.17. The Bertz CT molecular complexity index is 767. The third kappa shape index (κ3) is 6.23. The number of carboxylic acids is 2. The molecule has 0 saturated carbocycles. The summed E-state index contributed by atoms with van der Waals surface area (Å²) in [5.41, 5.74) is 6.80. The predicted molar refractivity (Wildman–Crippen MR) is 87.2 cm³/mol. The highest BCUT2D eigenvalue weighted by atomic mass is 19.4. The summed E-state index contributed by atoms with van der Waals surface area (Å²) in [6, 6.07) is 5.80. The van der Waals surface area contributed by atoms with Crippen LogP contribution in [0.1, 0.15) is 25.0 Å². The SMILES string of the molecule is CC(=O)OC1CC(N)C(=O)N(CC(=O)O)c2ccccc21.O=C(O)C(F)(F)F. The van der Waals surface area contributed by atoms with Crippen molar-refractivity contribution >= 4 is 29.5 Å². The number of esters is 1. The van der Waals surface area contributed by atoms with Gasteiger partial charge in [-0.1, -0.05) is 18.2 Å². The second-order valence-corrected chi connectivity index (χ2v) is 5.62. The predicted octanol–water partition coefficient (Wildman–Crippen LogP) is 1.07. The fraction of sp³-hybridized carbons (Fsp3) is 0.375. The van der Waals surface area contributed by atoms with Crippen molar-refractivity contribution < 1.29 is 47.3 Å². The van der Waals surface area contributed by atoms with Crippen molar-refractivity contribution in [3.8, 4) is 0 Å². The van der Waals surface area contributed by atoms with E-state index in [0.29, 0.717) is 11.3 Å². The Labute approximate surface area is 156 Å². The molecule has 154 valence electrons. The number of aliphatic carboxylic acids is 2. The number of carbonyl (C=O) groups is 4. The van der Waals surface area contributed by atoms with Gasteiger partial charge >= 0.3 is 24.1 Å². The third-order valence-corrected chi connectivity index (χ3v) is 3.47. The minimum absolute atomic E-state index is 0.117. The first-order valence-electron chi connectivity index (χ1n) is 7.69. The Morgan fingerprint density at radius 3 is 2.25 bits per heavy atom. The summed E-state index contributed by atoms with van der Waals surface area (Å²) in [6.45, 7) is 0.784. The first-order chi connectivity index (χ1) is 12.8. The van der Waals surface area contributed by atoms with Gasteiger partial charge in [0, 0.05) is 18.9 Å². The van der Waals surface area contributed by atoms with Gasteiger partial charge in [0.2, 0.25) is 5.91 Å². The maximum Gasteiger partial charge on any atom is 0.490 e. The number of alkyl halides is 3. The van der Waals surface area contributed by atoms with Gasteiger partial charge in [-0.15, -0.1) is 0 Å². The van der Waals surface area contributed by atoms with Crippen LogP contribution in [0.5, 0.6) is 0 Å². The molecule has 1 heterocycles. The minimum Gasteiger partial charge on any atom is -0.480 e. The molecule has 1 amide bonds. The molecule has 1 aromatic rings. The smallest absolute Gasteiger partial charge is 0.480 e. The summed E-state index contributed by atoms with van der Waals surface area (Å²) in [5.74, 6) is -4.88. The van der Waals surface area contributed by atoms with E-state index >= 15 is 0 Å². The van der Waals surface area contributed by atoms with Crippen LogP contribution in [-0.2, 0) is 23.9 Å². The molecule has 1 aromatic carbocycles. The average Bonchev–Trinajstić information content (AvgIpc) is 2.65. The third-order valence-electron chi connectivity index (χ3n) is 3.47. The molecule has 1 aliphatic heterocycles. The summed E-state index contributed by atoms with van der Waals surface area (Å²) in [5, 5.41) is 16.1. The van der Waals surface area contributed by atoms with E-state index in [0.717, 1.165) is 4.90 Å². The van der Waals surface area contributed by atoms with Gasteiger partial charge in [-0.05, 0) is 6.07 Å². The average molecular weight is 406 g/mol. The van der Waals surface area contributed by atoms with Crippen LogP contribution in [0.2, 0.25) is 0 Å². The maximum absolute atomic E-state index is 12.3. The summed E-state index contributed by atoms with van der Waals surface area (Å²) in [4.78, 5) is 44.5. The number of hydrogen-bond donors (Lipinski definition) is 3. The fourth-order valence-electron chi connectivity index (χ4n) is 2.39. The Balaban J connectivity index is 0.000000480. The summed E-state index contributed by atoms with van der Waals surface area (Å²) in [7, 11) is 0. The molecule has 0 fully saturated rings. The first-order valence-corrected chi connectivity index (χ1v) is 7.69. The number of anilines is 1. The van der Waals surface area contributed by atoms with Gasteiger partial charge in [-0.3, -0.25) is 19.3 Å². The molecule has 9 nitrogen and oxygen atoms in total. The van der Waals surface area contributed by atoms with E-state index in [9.17, 15) is 27.6 Å². The number of benzene rings is 1. The first kappa shape index (κ1) is 22.9. The molecular weight excluding hydrogens is 389 g/mol. The van der Waals surface area contributed by atoms with Crippen molar-refractivity contribution in [1.29, 1.82) is 0 Å². The van der Waals surface area contributed by atoms with Crippen molar-refractivity contribution in [3.63, 3.8) is 0 Å². The molecule has 1 aliphatic rings. The van der Waals surface area contributed by atoms with Crippen LogP contribution in [0.15, 0.2) is 24.3 Å². The largest absolute Gasteiger partial charge is 0.490 e. The van der Waals surface area contributed by atoms with E-state index in [1.54, 1.807) is 24.3 Å². The lowest BCUT2D eigenvalue weighted by molar-refractivity contribution is -0.192. The summed E-state index contributed by atoms with van der Waals surface area (Å²) in [6.07, 6.45) is -5.64. The standard InChI is InChI=1S/C14H16N2O5.C2HF3O2/c1-8(17)21-12-6-10(15)14(20)16(7-13(18)19)11-5-3-2-4-9(11)12;3-2(4,5)1(6)7/h2-5,10,12H,6-7,15H2,1H3,(H,18,19);(H,6,7). The zero-order chi connectivity index (χ0) is 21.6. The summed E-state index contributed by atoms with van der Waals surface area (Å²) >= 11 is 0. The van der Waals surface area contributed by atoms with Crippen molar-refractivity contribution in [2.75, 3.05) is 11.4 Å². The van der Waals surface area contributed by atoms with Crippen molar-refractivity contribution in [2.45, 2.75) is 31.7 Å². The number of amides is 1. The number of hydrogen-bond acceptors (Lipinski definition) is 6. The number of rotatable bonds is 3. The molecule has 4 N–H and O–H groups in total. The van der Waals surface area contributed by atoms with Gasteiger partial charge in [0.1, 0.15) is 12.6 Å². The molecule has 0 bridgehead atoms. The summed E-state index contributed by atoms with van der Waals surface area (Å²) < 4.78 is 37.0. The monoisotopic (exact) mass is 406 g/mol. The molecule has 0 saturated heterocycles. The number of para-hydroxylation sites is 1.